The van der Waals surface area contributed by atoms with Crippen LogP contribution in [0.15, 0.2) is 29.5 Å². The van der Waals surface area contributed by atoms with Crippen molar-refractivity contribution in [3.05, 3.63) is 40.8 Å². The van der Waals surface area contributed by atoms with Crippen LogP contribution in [0.2, 0.25) is 5.02 Å². The lowest BCUT2D eigenvalue weighted by molar-refractivity contribution is 0.438. The molecule has 0 aliphatic rings. The molecule has 0 aliphatic carbocycles. The quantitative estimate of drug-likeness (QED) is 0.672. The lowest BCUT2D eigenvalue weighted by Crippen LogP contribution is -2.10. The van der Waals surface area contributed by atoms with Crippen molar-refractivity contribution in [2.75, 3.05) is 21.1 Å². The summed E-state index contributed by atoms with van der Waals surface area (Å²) in [6.07, 6.45) is 1.79. The summed E-state index contributed by atoms with van der Waals surface area (Å²) in [6.45, 7) is 1.88. The minimum Gasteiger partial charge on any atom is -0.393 e. The fourth-order valence-electron chi connectivity index (χ4n) is 1.58. The van der Waals surface area contributed by atoms with Gasteiger partial charge in [0.25, 0.3) is 0 Å². The van der Waals surface area contributed by atoms with Crippen molar-refractivity contribution in [3.63, 3.8) is 0 Å². The molecule has 0 saturated heterocycles. The molecule has 0 saturated carbocycles. The fraction of sp³-hybridized carbons (Fsp3) is 0.308. The Balaban J connectivity index is 3.25. The molecule has 0 heterocycles. The van der Waals surface area contributed by atoms with Gasteiger partial charge >= 0.3 is 0 Å². The minimum atomic E-state index is -0.352. The third kappa shape index (κ3) is 3.74. The number of allylic oxidation sites excluding steroid dienone is 1. The van der Waals surface area contributed by atoms with Gasteiger partial charge in [-0.25, -0.2) is 4.39 Å². The SMILES string of the molecule is CN/C=C(/C(C)=N\N(C)C)c1ccc(F)cc1Cl. The van der Waals surface area contributed by atoms with Gasteiger partial charge < -0.3 is 10.3 Å². The number of hydrazone groups is 1. The molecule has 1 aromatic carbocycles. The lowest BCUT2D eigenvalue weighted by Gasteiger charge is -2.12. The number of hydrogen-bond acceptors (Lipinski definition) is 3. The summed E-state index contributed by atoms with van der Waals surface area (Å²) in [6, 6.07) is 4.33. The van der Waals surface area contributed by atoms with Crippen LogP contribution in [0.3, 0.4) is 0 Å². The Morgan fingerprint density at radius 3 is 2.61 bits per heavy atom. The van der Waals surface area contributed by atoms with Gasteiger partial charge in [-0.3, -0.25) is 0 Å². The first kappa shape index (κ1) is 14.5. The smallest absolute Gasteiger partial charge is 0.124 e. The molecule has 18 heavy (non-hydrogen) atoms. The van der Waals surface area contributed by atoms with E-state index >= 15 is 0 Å². The summed E-state index contributed by atoms with van der Waals surface area (Å²) in [5.74, 6) is -0.352. The van der Waals surface area contributed by atoms with Crippen LogP contribution in [-0.4, -0.2) is 31.9 Å². The summed E-state index contributed by atoms with van der Waals surface area (Å²) in [5, 5.41) is 9.34. The molecule has 1 rings (SSSR count). The van der Waals surface area contributed by atoms with E-state index in [0.717, 1.165) is 16.8 Å². The highest BCUT2D eigenvalue weighted by atomic mass is 35.5. The van der Waals surface area contributed by atoms with E-state index in [1.807, 2.05) is 21.0 Å². The largest absolute Gasteiger partial charge is 0.393 e. The predicted molar refractivity (Wildman–Crippen MR) is 75.2 cm³/mol. The van der Waals surface area contributed by atoms with Crippen molar-refractivity contribution in [3.8, 4) is 0 Å². The Morgan fingerprint density at radius 1 is 1.44 bits per heavy atom. The van der Waals surface area contributed by atoms with Gasteiger partial charge in [-0.15, -0.1) is 0 Å². The van der Waals surface area contributed by atoms with Gasteiger partial charge in [0.2, 0.25) is 0 Å². The number of hydrogen-bond donors (Lipinski definition) is 1. The van der Waals surface area contributed by atoms with Crippen molar-refractivity contribution in [1.29, 1.82) is 0 Å². The van der Waals surface area contributed by atoms with Crippen molar-refractivity contribution < 1.29 is 4.39 Å². The van der Waals surface area contributed by atoms with E-state index in [1.54, 1.807) is 24.3 Å². The molecule has 0 aromatic heterocycles. The van der Waals surface area contributed by atoms with E-state index in [4.69, 9.17) is 11.6 Å². The highest BCUT2D eigenvalue weighted by molar-refractivity contribution is 6.35. The van der Waals surface area contributed by atoms with Gasteiger partial charge in [-0.05, 0) is 25.1 Å². The van der Waals surface area contributed by atoms with Gasteiger partial charge in [-0.2, -0.15) is 5.10 Å². The monoisotopic (exact) mass is 269 g/mol. The third-order valence-electron chi connectivity index (χ3n) is 2.25. The van der Waals surface area contributed by atoms with E-state index in [1.165, 1.54) is 12.1 Å². The molecular formula is C13H17ClFN3. The second kappa shape index (κ2) is 6.40. The van der Waals surface area contributed by atoms with Crippen molar-refractivity contribution in [2.24, 2.45) is 5.10 Å². The van der Waals surface area contributed by atoms with Crippen LogP contribution < -0.4 is 5.32 Å². The van der Waals surface area contributed by atoms with Gasteiger partial charge in [0.15, 0.2) is 0 Å². The molecule has 0 aliphatic heterocycles. The number of halogens is 2. The minimum absolute atomic E-state index is 0.352. The van der Waals surface area contributed by atoms with Crippen LogP contribution in [0.1, 0.15) is 12.5 Å². The zero-order valence-electron chi connectivity index (χ0n) is 11.0. The first-order valence-electron chi connectivity index (χ1n) is 5.51. The molecule has 0 bridgehead atoms. The van der Waals surface area contributed by atoms with Crippen molar-refractivity contribution >= 4 is 22.9 Å². The zero-order chi connectivity index (χ0) is 13.7. The molecule has 0 radical (unpaired) electrons. The Hall–Kier alpha value is -1.55. The van der Waals surface area contributed by atoms with Crippen LogP contribution >= 0.6 is 11.6 Å². The van der Waals surface area contributed by atoms with E-state index in [2.05, 4.69) is 10.4 Å². The first-order valence-corrected chi connectivity index (χ1v) is 5.89. The Bertz CT molecular complexity index is 481. The second-order valence-electron chi connectivity index (χ2n) is 4.00. The average molecular weight is 270 g/mol. The Morgan fingerprint density at radius 2 is 2.11 bits per heavy atom. The number of nitrogens with one attached hydrogen (secondary N) is 1. The van der Waals surface area contributed by atoms with E-state index < -0.39 is 0 Å². The topological polar surface area (TPSA) is 27.6 Å². The molecule has 1 N–H and O–H groups in total. The summed E-state index contributed by atoms with van der Waals surface area (Å²) < 4.78 is 13.0. The zero-order valence-corrected chi connectivity index (χ0v) is 11.7. The average Bonchev–Trinajstić information content (AvgIpc) is 2.25. The fourth-order valence-corrected chi connectivity index (χ4v) is 1.85. The molecule has 0 spiro atoms. The van der Waals surface area contributed by atoms with Gasteiger partial charge in [0.05, 0.1) is 10.7 Å². The molecule has 0 fully saturated rings. The molecule has 98 valence electrons. The highest BCUT2D eigenvalue weighted by Gasteiger charge is 2.11. The molecule has 0 atom stereocenters. The molecule has 0 amide bonds. The maximum Gasteiger partial charge on any atom is 0.124 e. The second-order valence-corrected chi connectivity index (χ2v) is 4.41. The van der Waals surface area contributed by atoms with Gasteiger partial charge in [0, 0.05) is 38.5 Å². The molecule has 5 heteroatoms. The van der Waals surface area contributed by atoms with E-state index in [9.17, 15) is 4.39 Å². The number of benzene rings is 1. The standard InChI is InChI=1S/C13H17ClFN3/c1-9(17-18(3)4)12(8-16-2)11-6-5-10(15)7-13(11)14/h5-8,16H,1-4H3/b12-8-,17-9-. The maximum absolute atomic E-state index is 13.0. The van der Waals surface area contributed by atoms with Gasteiger partial charge in [-0.1, -0.05) is 11.6 Å². The Kier molecular flexibility index (Phi) is 5.16. The highest BCUT2D eigenvalue weighted by Crippen LogP contribution is 2.25. The number of rotatable bonds is 4. The van der Waals surface area contributed by atoms with Crippen LogP contribution in [0.4, 0.5) is 4.39 Å². The van der Waals surface area contributed by atoms with E-state index in [-0.39, 0.29) is 5.82 Å². The lowest BCUT2D eigenvalue weighted by atomic mass is 10.0. The third-order valence-corrected chi connectivity index (χ3v) is 2.56. The molecule has 0 unspecified atom stereocenters. The molecule has 1 aromatic rings. The summed E-state index contributed by atoms with van der Waals surface area (Å²) >= 11 is 6.06. The molecule has 3 nitrogen and oxygen atoms in total. The summed E-state index contributed by atoms with van der Waals surface area (Å²) in [5.41, 5.74) is 2.37. The predicted octanol–water partition coefficient (Wildman–Crippen LogP) is 2.98. The Labute approximate surface area is 112 Å². The first-order chi connectivity index (χ1) is 8.45. The van der Waals surface area contributed by atoms with Gasteiger partial charge in [0.1, 0.15) is 5.82 Å². The molecular weight excluding hydrogens is 253 g/mol. The van der Waals surface area contributed by atoms with Crippen LogP contribution in [0.25, 0.3) is 5.57 Å². The van der Waals surface area contributed by atoms with E-state index in [0.29, 0.717) is 5.02 Å². The normalized spacial score (nSPS) is 12.6. The van der Waals surface area contributed by atoms with Crippen molar-refractivity contribution in [2.45, 2.75) is 6.92 Å². The van der Waals surface area contributed by atoms with Crippen molar-refractivity contribution in [1.82, 2.24) is 10.3 Å². The summed E-state index contributed by atoms with van der Waals surface area (Å²) in [7, 11) is 5.47. The number of nitrogens with zero attached hydrogens (tertiary/aromatic N) is 2. The summed E-state index contributed by atoms with van der Waals surface area (Å²) in [4.78, 5) is 0. The maximum atomic E-state index is 13.0. The van der Waals surface area contributed by atoms with Crippen LogP contribution in [-0.2, 0) is 0 Å². The van der Waals surface area contributed by atoms with Crippen LogP contribution in [0.5, 0.6) is 0 Å². The van der Waals surface area contributed by atoms with Crippen LogP contribution in [0, 0.1) is 5.82 Å².